The van der Waals surface area contributed by atoms with E-state index in [0.29, 0.717) is 11.6 Å². The lowest BCUT2D eigenvalue weighted by Crippen LogP contribution is -2.07. The monoisotopic (exact) mass is 283 g/mol. The summed E-state index contributed by atoms with van der Waals surface area (Å²) >= 11 is 6.27. The maximum Gasteiger partial charge on any atom is 0.0657 e. The molecular weight excluding hydrogens is 270 g/mol. The predicted molar refractivity (Wildman–Crippen MR) is 81.9 cm³/mol. The Labute approximate surface area is 122 Å². The van der Waals surface area contributed by atoms with Crippen molar-refractivity contribution in [2.45, 2.75) is 6.54 Å². The van der Waals surface area contributed by atoms with Crippen molar-refractivity contribution < 1.29 is 0 Å². The summed E-state index contributed by atoms with van der Waals surface area (Å²) in [4.78, 5) is 0. The Morgan fingerprint density at radius 3 is 2.35 bits per heavy atom. The van der Waals surface area contributed by atoms with Crippen LogP contribution in [0.1, 0.15) is 5.69 Å². The first kappa shape index (κ1) is 12.9. The fraction of sp³-hybridized carbons (Fsp3) is 0.0625. The number of nitrogens with zero attached hydrogens (tertiary/aromatic N) is 2. The Balaban J connectivity index is 2.16. The second kappa shape index (κ2) is 5.49. The first-order valence-electron chi connectivity index (χ1n) is 6.38. The molecule has 0 bridgehead atoms. The van der Waals surface area contributed by atoms with Gasteiger partial charge in [-0.15, -0.1) is 0 Å². The summed E-state index contributed by atoms with van der Waals surface area (Å²) in [6.07, 6.45) is 1.82. The maximum absolute atomic E-state index is 6.27. The van der Waals surface area contributed by atoms with Crippen molar-refractivity contribution >= 4 is 11.6 Å². The molecule has 0 amide bonds. The lowest BCUT2D eigenvalue weighted by Gasteiger charge is -2.08. The molecule has 3 rings (SSSR count). The number of benzene rings is 2. The van der Waals surface area contributed by atoms with E-state index < -0.39 is 0 Å². The van der Waals surface area contributed by atoms with Crippen LogP contribution in [0.3, 0.4) is 0 Å². The smallest absolute Gasteiger partial charge is 0.0657 e. The molecule has 0 aliphatic rings. The number of hydrogen-bond donors (Lipinski definition) is 1. The number of halogens is 1. The number of aromatic nitrogens is 2. The summed E-state index contributed by atoms with van der Waals surface area (Å²) in [5, 5.41) is 5.16. The van der Waals surface area contributed by atoms with Crippen molar-refractivity contribution in [3.05, 3.63) is 71.5 Å². The molecule has 0 unspecified atom stereocenters. The number of para-hydroxylation sites is 1. The van der Waals surface area contributed by atoms with Crippen molar-refractivity contribution in [2.75, 3.05) is 0 Å². The van der Waals surface area contributed by atoms with E-state index in [2.05, 4.69) is 5.10 Å². The standard InChI is InChI=1S/C16H14ClN3/c17-15-9-5-4-8-13(15)14-11-19-20(16(14)10-18)12-6-2-1-3-7-12/h1-9,11H,10,18H2. The summed E-state index contributed by atoms with van der Waals surface area (Å²) in [6, 6.07) is 17.7. The molecule has 0 aliphatic carbocycles. The Hall–Kier alpha value is -2.10. The average Bonchev–Trinajstić information content (AvgIpc) is 2.92. The van der Waals surface area contributed by atoms with Crippen LogP contribution in [0.15, 0.2) is 60.8 Å². The first-order valence-corrected chi connectivity index (χ1v) is 6.76. The van der Waals surface area contributed by atoms with Gasteiger partial charge in [0.2, 0.25) is 0 Å². The Bertz CT molecular complexity index is 720. The minimum Gasteiger partial charge on any atom is -0.325 e. The van der Waals surface area contributed by atoms with Gasteiger partial charge in [-0.3, -0.25) is 0 Å². The first-order chi connectivity index (χ1) is 9.81. The molecule has 3 aromatic rings. The Kier molecular flexibility index (Phi) is 3.54. The van der Waals surface area contributed by atoms with Gasteiger partial charge < -0.3 is 5.73 Å². The van der Waals surface area contributed by atoms with Gasteiger partial charge in [0.25, 0.3) is 0 Å². The highest BCUT2D eigenvalue weighted by Crippen LogP contribution is 2.31. The summed E-state index contributed by atoms with van der Waals surface area (Å²) in [5.74, 6) is 0. The zero-order valence-electron chi connectivity index (χ0n) is 10.8. The van der Waals surface area contributed by atoms with Gasteiger partial charge in [-0.2, -0.15) is 5.10 Å². The van der Waals surface area contributed by atoms with Gasteiger partial charge in [0.05, 0.1) is 17.6 Å². The van der Waals surface area contributed by atoms with E-state index in [1.807, 2.05) is 65.5 Å². The van der Waals surface area contributed by atoms with Gasteiger partial charge in [0.1, 0.15) is 0 Å². The fourth-order valence-electron chi connectivity index (χ4n) is 2.27. The molecule has 3 nitrogen and oxygen atoms in total. The van der Waals surface area contributed by atoms with E-state index in [-0.39, 0.29) is 0 Å². The van der Waals surface area contributed by atoms with Gasteiger partial charge in [-0.1, -0.05) is 48.0 Å². The topological polar surface area (TPSA) is 43.8 Å². The third kappa shape index (κ3) is 2.22. The van der Waals surface area contributed by atoms with Crippen molar-refractivity contribution in [3.63, 3.8) is 0 Å². The largest absolute Gasteiger partial charge is 0.325 e. The summed E-state index contributed by atoms with van der Waals surface area (Å²) in [6.45, 7) is 0.398. The van der Waals surface area contributed by atoms with Gasteiger partial charge in [0, 0.05) is 22.7 Å². The fourth-order valence-corrected chi connectivity index (χ4v) is 2.50. The molecule has 2 aromatic carbocycles. The van der Waals surface area contributed by atoms with Gasteiger partial charge in [-0.25, -0.2) is 4.68 Å². The van der Waals surface area contributed by atoms with E-state index in [1.54, 1.807) is 0 Å². The SMILES string of the molecule is NCc1c(-c2ccccc2Cl)cnn1-c1ccccc1. The molecule has 1 aromatic heterocycles. The van der Waals surface area contributed by atoms with Crippen LogP contribution in [-0.4, -0.2) is 9.78 Å². The van der Waals surface area contributed by atoms with Crippen LogP contribution in [-0.2, 0) is 6.54 Å². The summed E-state index contributed by atoms with van der Waals surface area (Å²) in [5.41, 5.74) is 9.79. The molecule has 0 saturated carbocycles. The van der Waals surface area contributed by atoms with Crippen LogP contribution < -0.4 is 5.73 Å². The minimum absolute atomic E-state index is 0.398. The highest BCUT2D eigenvalue weighted by molar-refractivity contribution is 6.33. The third-order valence-electron chi connectivity index (χ3n) is 3.23. The molecule has 0 spiro atoms. The van der Waals surface area contributed by atoms with Crippen molar-refractivity contribution in [2.24, 2.45) is 5.73 Å². The third-order valence-corrected chi connectivity index (χ3v) is 3.56. The lowest BCUT2D eigenvalue weighted by molar-refractivity contribution is 0.804. The van der Waals surface area contributed by atoms with Gasteiger partial charge in [-0.05, 0) is 18.2 Å². The average molecular weight is 284 g/mol. The van der Waals surface area contributed by atoms with Crippen molar-refractivity contribution in [1.82, 2.24) is 9.78 Å². The summed E-state index contributed by atoms with van der Waals surface area (Å²) < 4.78 is 1.86. The normalized spacial score (nSPS) is 10.7. The van der Waals surface area contributed by atoms with Crippen LogP contribution in [0, 0.1) is 0 Å². The molecule has 2 N–H and O–H groups in total. The van der Waals surface area contributed by atoms with E-state index in [1.165, 1.54) is 0 Å². The highest BCUT2D eigenvalue weighted by Gasteiger charge is 2.14. The number of nitrogens with two attached hydrogens (primary N) is 1. The van der Waals surface area contributed by atoms with Crippen LogP contribution in [0.4, 0.5) is 0 Å². The molecule has 100 valence electrons. The predicted octanol–water partition coefficient (Wildman–Crippen LogP) is 3.65. The summed E-state index contributed by atoms with van der Waals surface area (Å²) in [7, 11) is 0. The maximum atomic E-state index is 6.27. The molecule has 0 fully saturated rings. The quantitative estimate of drug-likeness (QED) is 0.797. The zero-order valence-corrected chi connectivity index (χ0v) is 11.6. The molecule has 0 aliphatic heterocycles. The molecule has 0 atom stereocenters. The number of hydrogen-bond acceptors (Lipinski definition) is 2. The molecule has 0 saturated heterocycles. The van der Waals surface area contributed by atoms with Gasteiger partial charge >= 0.3 is 0 Å². The van der Waals surface area contributed by atoms with E-state index >= 15 is 0 Å². The highest BCUT2D eigenvalue weighted by atomic mass is 35.5. The Morgan fingerprint density at radius 1 is 0.950 bits per heavy atom. The molecule has 1 heterocycles. The van der Waals surface area contributed by atoms with E-state index in [4.69, 9.17) is 17.3 Å². The van der Waals surface area contributed by atoms with Gasteiger partial charge in [0.15, 0.2) is 0 Å². The zero-order chi connectivity index (χ0) is 13.9. The van der Waals surface area contributed by atoms with Crippen molar-refractivity contribution in [1.29, 1.82) is 0 Å². The second-order valence-electron chi connectivity index (χ2n) is 4.44. The second-order valence-corrected chi connectivity index (χ2v) is 4.84. The van der Waals surface area contributed by atoms with Crippen LogP contribution in [0.2, 0.25) is 5.02 Å². The van der Waals surface area contributed by atoms with E-state index in [0.717, 1.165) is 22.5 Å². The Morgan fingerprint density at radius 2 is 1.65 bits per heavy atom. The molecule has 20 heavy (non-hydrogen) atoms. The minimum atomic E-state index is 0.398. The van der Waals surface area contributed by atoms with Crippen molar-refractivity contribution in [3.8, 4) is 16.8 Å². The number of rotatable bonds is 3. The van der Waals surface area contributed by atoms with Crippen LogP contribution >= 0.6 is 11.6 Å². The van der Waals surface area contributed by atoms with Crippen LogP contribution in [0.25, 0.3) is 16.8 Å². The molecule has 0 radical (unpaired) electrons. The molecular formula is C16H14ClN3. The van der Waals surface area contributed by atoms with Crippen LogP contribution in [0.5, 0.6) is 0 Å². The molecule has 4 heteroatoms. The van der Waals surface area contributed by atoms with E-state index in [9.17, 15) is 0 Å². The lowest BCUT2D eigenvalue weighted by atomic mass is 10.1.